The van der Waals surface area contributed by atoms with Crippen LogP contribution in [0.15, 0.2) is 0 Å². The molecule has 0 radical (unpaired) electrons. The van der Waals surface area contributed by atoms with Gasteiger partial charge in [-0.25, -0.2) is 0 Å². The van der Waals surface area contributed by atoms with Crippen molar-refractivity contribution >= 4 is 0 Å². The molecule has 234 valence electrons. The minimum absolute atomic E-state index is 0.162. The molecule has 1 spiro atoms. The molecule has 0 aromatic rings. The first-order valence-electron chi connectivity index (χ1n) is 16.7. The fraction of sp³-hybridized carbons (Fsp3) is 1.00. The third-order valence-electron chi connectivity index (χ3n) is 14.1. The lowest BCUT2D eigenvalue weighted by Crippen LogP contribution is -2.63. The molecular weight excluding hydrogens is 524 g/mol. The molecule has 4 unspecified atom stereocenters. The van der Waals surface area contributed by atoms with Gasteiger partial charge < -0.3 is 39.4 Å². The highest BCUT2D eigenvalue weighted by molar-refractivity contribution is 5.16. The number of aliphatic hydroxyl groups is 4. The van der Waals surface area contributed by atoms with Gasteiger partial charge in [0.2, 0.25) is 0 Å². The van der Waals surface area contributed by atoms with Gasteiger partial charge in [0.1, 0.15) is 18.3 Å². The van der Waals surface area contributed by atoms with Crippen molar-refractivity contribution in [2.75, 3.05) is 6.61 Å². The number of ether oxygens (including phenoxy) is 4. The van der Waals surface area contributed by atoms with Gasteiger partial charge in [0.15, 0.2) is 12.1 Å². The van der Waals surface area contributed by atoms with Crippen LogP contribution >= 0.6 is 0 Å². The lowest BCUT2D eigenvalue weighted by molar-refractivity contribution is -0.328. The first-order valence-corrected chi connectivity index (χ1v) is 16.7. The van der Waals surface area contributed by atoms with Crippen LogP contribution in [0.3, 0.4) is 0 Å². The molecule has 3 aliphatic heterocycles. The Labute approximate surface area is 245 Å². The Morgan fingerprint density at radius 2 is 1.59 bits per heavy atom. The number of hydrogen-bond acceptors (Lipinski definition) is 8. The van der Waals surface area contributed by atoms with E-state index >= 15 is 0 Å². The van der Waals surface area contributed by atoms with Crippen LogP contribution in [0.1, 0.15) is 92.4 Å². The van der Waals surface area contributed by atoms with E-state index in [0.717, 1.165) is 38.7 Å². The Kier molecular flexibility index (Phi) is 7.24. The third-order valence-corrected chi connectivity index (χ3v) is 14.1. The quantitative estimate of drug-likeness (QED) is 0.393. The van der Waals surface area contributed by atoms with Crippen molar-refractivity contribution < 1.29 is 39.4 Å². The molecule has 41 heavy (non-hydrogen) atoms. The standard InChI is InChI=1S/C33H54O8/c1-16-8-11-33(38-15-16)17(2)26-24(41-33)14-23-21-7-6-19-12-20(34)13-25(32(19,5)22(21)9-10-31(23,26)4)40-30-29(37)28(36)27(35)18(3)39-30/h16-30,34-37H,6-15H2,1-5H3/t16?,17-,18-,19?,20?,21+,22-,23-,24-,25?,26-,27+,28+,29-,30-,31-,32-,33+/m0/s1. The Bertz CT molecular complexity index is 984. The minimum atomic E-state index is -1.33. The van der Waals surface area contributed by atoms with Gasteiger partial charge >= 0.3 is 0 Å². The second kappa shape index (κ2) is 10.1. The van der Waals surface area contributed by atoms with Crippen molar-refractivity contribution in [3.63, 3.8) is 0 Å². The summed E-state index contributed by atoms with van der Waals surface area (Å²) in [4.78, 5) is 0. The molecule has 7 aliphatic rings. The Morgan fingerprint density at radius 3 is 2.32 bits per heavy atom. The van der Waals surface area contributed by atoms with Crippen molar-refractivity contribution in [3.8, 4) is 0 Å². The topological polar surface area (TPSA) is 118 Å². The maximum Gasteiger partial charge on any atom is 0.186 e. The largest absolute Gasteiger partial charge is 0.393 e. The van der Waals surface area contributed by atoms with Crippen LogP contribution < -0.4 is 0 Å². The van der Waals surface area contributed by atoms with Gasteiger partial charge in [0.05, 0.1) is 31.0 Å². The summed E-state index contributed by atoms with van der Waals surface area (Å²) >= 11 is 0. The summed E-state index contributed by atoms with van der Waals surface area (Å²) in [5.74, 6) is 3.09. The summed E-state index contributed by atoms with van der Waals surface area (Å²) in [5.41, 5.74) is 0.0675. The van der Waals surface area contributed by atoms with Crippen molar-refractivity contribution in [2.24, 2.45) is 52.3 Å². The van der Waals surface area contributed by atoms with Crippen LogP contribution in [-0.2, 0) is 18.9 Å². The van der Waals surface area contributed by atoms with Gasteiger partial charge in [-0.3, -0.25) is 0 Å². The van der Waals surface area contributed by atoms with Gasteiger partial charge in [-0.1, -0.05) is 27.7 Å². The zero-order chi connectivity index (χ0) is 29.1. The second-order valence-electron chi connectivity index (χ2n) is 16.0. The molecule has 4 aliphatic carbocycles. The lowest BCUT2D eigenvalue weighted by Gasteiger charge is -2.63. The minimum Gasteiger partial charge on any atom is -0.393 e. The monoisotopic (exact) mass is 578 g/mol. The van der Waals surface area contributed by atoms with E-state index in [2.05, 4.69) is 27.7 Å². The van der Waals surface area contributed by atoms with E-state index in [1.807, 2.05) is 0 Å². The molecule has 4 saturated carbocycles. The van der Waals surface area contributed by atoms with E-state index in [1.54, 1.807) is 6.92 Å². The molecule has 0 bridgehead atoms. The van der Waals surface area contributed by atoms with Crippen molar-refractivity contribution in [3.05, 3.63) is 0 Å². The number of rotatable bonds is 2. The van der Waals surface area contributed by atoms with Gasteiger partial charge in [-0.05, 0) is 98.2 Å². The fourth-order valence-electron chi connectivity index (χ4n) is 11.8. The lowest BCUT2D eigenvalue weighted by atomic mass is 9.43. The number of hydrogen-bond donors (Lipinski definition) is 4. The zero-order valence-electron chi connectivity index (χ0n) is 25.7. The highest BCUT2D eigenvalue weighted by atomic mass is 16.7. The average molecular weight is 579 g/mol. The molecule has 8 heteroatoms. The summed E-state index contributed by atoms with van der Waals surface area (Å²) in [5, 5.41) is 42.4. The Balaban J connectivity index is 1.14. The Morgan fingerprint density at radius 1 is 0.805 bits per heavy atom. The second-order valence-corrected chi connectivity index (χ2v) is 16.0. The van der Waals surface area contributed by atoms with Gasteiger partial charge in [-0.2, -0.15) is 0 Å². The summed E-state index contributed by atoms with van der Waals surface area (Å²) < 4.78 is 25.9. The average Bonchev–Trinajstić information content (AvgIpc) is 3.38. The fourth-order valence-corrected chi connectivity index (χ4v) is 11.8. The van der Waals surface area contributed by atoms with Crippen LogP contribution in [0.2, 0.25) is 0 Å². The van der Waals surface area contributed by atoms with Crippen molar-refractivity contribution in [2.45, 2.75) is 147 Å². The number of fused-ring (bicyclic) bond motifs is 7. The van der Waals surface area contributed by atoms with E-state index in [4.69, 9.17) is 18.9 Å². The third kappa shape index (κ3) is 4.21. The molecule has 3 saturated heterocycles. The van der Waals surface area contributed by atoms with Gasteiger partial charge in [0.25, 0.3) is 0 Å². The van der Waals surface area contributed by atoms with Crippen molar-refractivity contribution in [1.29, 1.82) is 0 Å². The van der Waals surface area contributed by atoms with Gasteiger partial charge in [0, 0.05) is 18.8 Å². The normalized spacial score (nSPS) is 62.1. The van der Waals surface area contributed by atoms with E-state index in [-0.39, 0.29) is 23.0 Å². The maximum absolute atomic E-state index is 10.9. The molecule has 0 aromatic heterocycles. The summed E-state index contributed by atoms with van der Waals surface area (Å²) in [7, 11) is 0. The summed E-state index contributed by atoms with van der Waals surface area (Å²) in [6, 6.07) is 0. The molecular formula is C33H54O8. The van der Waals surface area contributed by atoms with Crippen molar-refractivity contribution in [1.82, 2.24) is 0 Å². The summed E-state index contributed by atoms with van der Waals surface area (Å²) in [6.07, 6.45) is 3.16. The first kappa shape index (κ1) is 29.4. The highest BCUT2D eigenvalue weighted by Gasteiger charge is 2.70. The predicted octanol–water partition coefficient (Wildman–Crippen LogP) is 3.62. The first-order chi connectivity index (χ1) is 19.4. The molecule has 8 nitrogen and oxygen atoms in total. The molecule has 4 N–H and O–H groups in total. The van der Waals surface area contributed by atoms with Crippen LogP contribution in [0, 0.1) is 52.3 Å². The predicted molar refractivity (Wildman–Crippen MR) is 150 cm³/mol. The molecule has 3 heterocycles. The van der Waals surface area contributed by atoms with E-state index in [1.165, 1.54) is 19.3 Å². The smallest absolute Gasteiger partial charge is 0.186 e. The van der Waals surface area contributed by atoms with Crippen LogP contribution in [-0.4, -0.2) is 81.8 Å². The zero-order valence-corrected chi connectivity index (χ0v) is 25.7. The molecule has 7 fully saturated rings. The van der Waals surface area contributed by atoms with E-state index < -0.39 is 42.6 Å². The Hall–Kier alpha value is -0.320. The van der Waals surface area contributed by atoms with E-state index in [9.17, 15) is 20.4 Å². The SMILES string of the molecule is CC1CC[C@@]2(OC1)O[C@H]1C[C@H]3[C@@H]4CCC5CC(O)CC(O[C@@H]6O[C@@H](C)[C@@H](O)[C@@H](O)[C@@H]6O)[C@]5(C)[C@H]4CC[C@]3(C)[C@H]1[C@@H]2C. The van der Waals surface area contributed by atoms with E-state index in [0.29, 0.717) is 47.8 Å². The molecule has 18 atom stereocenters. The molecule has 0 aromatic carbocycles. The number of aliphatic hydroxyl groups excluding tert-OH is 4. The molecule has 0 amide bonds. The van der Waals surface area contributed by atoms with Gasteiger partial charge in [-0.15, -0.1) is 0 Å². The van der Waals surface area contributed by atoms with Crippen LogP contribution in [0.4, 0.5) is 0 Å². The molecule has 7 rings (SSSR count). The highest BCUT2D eigenvalue weighted by Crippen LogP contribution is 2.71. The maximum atomic E-state index is 10.9. The summed E-state index contributed by atoms with van der Waals surface area (Å²) in [6.45, 7) is 12.1. The van der Waals surface area contributed by atoms with Crippen LogP contribution in [0.5, 0.6) is 0 Å². The van der Waals surface area contributed by atoms with Crippen LogP contribution in [0.25, 0.3) is 0 Å².